The summed E-state index contributed by atoms with van der Waals surface area (Å²) in [7, 11) is 0. The van der Waals surface area contributed by atoms with Crippen molar-refractivity contribution in [1.29, 1.82) is 5.26 Å². The Morgan fingerprint density at radius 1 is 1.14 bits per heavy atom. The van der Waals surface area contributed by atoms with E-state index in [1.54, 1.807) is 12.1 Å². The Kier molecular flexibility index (Phi) is 5.59. The Hall–Kier alpha value is -3.17. The van der Waals surface area contributed by atoms with E-state index in [4.69, 9.17) is 0 Å². The van der Waals surface area contributed by atoms with Gasteiger partial charge in [0.15, 0.2) is 0 Å². The maximum atomic E-state index is 13.4. The molecule has 0 aliphatic heterocycles. The molecule has 0 unspecified atom stereocenters. The maximum absolute atomic E-state index is 13.4. The second-order valence-electron chi connectivity index (χ2n) is 6.85. The fourth-order valence-electron chi connectivity index (χ4n) is 2.98. The van der Waals surface area contributed by atoms with Crippen molar-refractivity contribution in [1.82, 2.24) is 10.3 Å². The number of carbonyl (C=O) groups excluding carboxylic acids is 1. The molecular formula is C23H18FN3OS. The Morgan fingerprint density at radius 3 is 2.52 bits per heavy atom. The van der Waals surface area contributed by atoms with Gasteiger partial charge in [-0.05, 0) is 36.6 Å². The number of nitrogens with one attached hydrogen (secondary N) is 1. The van der Waals surface area contributed by atoms with Crippen molar-refractivity contribution in [3.63, 3.8) is 0 Å². The molecule has 6 heteroatoms. The summed E-state index contributed by atoms with van der Waals surface area (Å²) >= 11 is 1.25. The quantitative estimate of drug-likeness (QED) is 0.601. The molecule has 29 heavy (non-hydrogen) atoms. The predicted octanol–water partition coefficient (Wildman–Crippen LogP) is 4.80. The summed E-state index contributed by atoms with van der Waals surface area (Å²) in [4.78, 5) is 16.8. The molecule has 1 N–H and O–H groups in total. The van der Waals surface area contributed by atoms with Crippen LogP contribution in [0, 0.1) is 17.1 Å². The minimum absolute atomic E-state index is 0.0587. The molecule has 4 nitrogen and oxygen atoms in total. The highest BCUT2D eigenvalue weighted by molar-refractivity contribution is 8.00. The Morgan fingerprint density at radius 2 is 1.86 bits per heavy atom. The lowest BCUT2D eigenvalue weighted by Gasteiger charge is -2.12. The van der Waals surface area contributed by atoms with Crippen molar-refractivity contribution in [2.24, 2.45) is 0 Å². The molecule has 0 spiro atoms. The summed E-state index contributed by atoms with van der Waals surface area (Å²) in [5.74, 6) is -0.202. The molecule has 0 bridgehead atoms. The van der Waals surface area contributed by atoms with Crippen LogP contribution in [0.1, 0.15) is 18.4 Å². The minimum atomic E-state index is -0.337. The average Bonchev–Trinajstić information content (AvgIpc) is 3.56. The fourth-order valence-corrected chi connectivity index (χ4v) is 3.79. The summed E-state index contributed by atoms with van der Waals surface area (Å²) in [6, 6.07) is 20.0. The third kappa shape index (κ3) is 4.64. The van der Waals surface area contributed by atoms with Gasteiger partial charge < -0.3 is 5.32 Å². The lowest BCUT2D eigenvalue weighted by molar-refractivity contribution is -0.118. The molecule has 1 aliphatic rings. The van der Waals surface area contributed by atoms with Gasteiger partial charge in [0.05, 0.1) is 17.0 Å². The third-order valence-corrected chi connectivity index (χ3v) is 5.58. The molecule has 1 fully saturated rings. The van der Waals surface area contributed by atoms with E-state index in [0.29, 0.717) is 21.8 Å². The number of hydrogen-bond donors (Lipinski definition) is 1. The summed E-state index contributed by atoms with van der Waals surface area (Å²) in [5.41, 5.74) is 3.40. The first-order chi connectivity index (χ1) is 14.1. The first-order valence-electron chi connectivity index (χ1n) is 9.32. The van der Waals surface area contributed by atoms with E-state index in [1.807, 2.05) is 36.4 Å². The number of nitriles is 1. The number of aromatic nitrogens is 1. The number of pyridine rings is 1. The van der Waals surface area contributed by atoms with Crippen LogP contribution < -0.4 is 5.32 Å². The van der Waals surface area contributed by atoms with Crippen LogP contribution in [-0.4, -0.2) is 22.7 Å². The largest absolute Gasteiger partial charge is 0.353 e. The number of nitrogens with zero attached hydrogens (tertiary/aromatic N) is 2. The fraction of sp³-hybridized carbons (Fsp3) is 0.174. The Balaban J connectivity index is 1.75. The number of halogens is 1. The molecule has 1 saturated carbocycles. The molecule has 1 amide bonds. The summed E-state index contributed by atoms with van der Waals surface area (Å²) in [6.07, 6.45) is 2.05. The van der Waals surface area contributed by atoms with E-state index in [0.717, 1.165) is 24.0 Å². The van der Waals surface area contributed by atoms with Gasteiger partial charge in [0, 0.05) is 17.2 Å². The van der Waals surface area contributed by atoms with Crippen molar-refractivity contribution in [3.05, 3.63) is 72.0 Å². The number of benzene rings is 2. The second kappa shape index (κ2) is 8.46. The molecule has 0 atom stereocenters. The van der Waals surface area contributed by atoms with Gasteiger partial charge in [0.1, 0.15) is 16.9 Å². The van der Waals surface area contributed by atoms with Crippen LogP contribution in [0.3, 0.4) is 0 Å². The number of rotatable bonds is 6. The van der Waals surface area contributed by atoms with Gasteiger partial charge >= 0.3 is 0 Å². The van der Waals surface area contributed by atoms with E-state index in [-0.39, 0.29) is 23.5 Å². The van der Waals surface area contributed by atoms with Crippen LogP contribution in [0.25, 0.3) is 22.4 Å². The van der Waals surface area contributed by atoms with Crippen LogP contribution in [0.5, 0.6) is 0 Å². The smallest absolute Gasteiger partial charge is 0.230 e. The Bertz CT molecular complexity index is 1070. The normalized spacial score (nSPS) is 13.0. The van der Waals surface area contributed by atoms with E-state index < -0.39 is 0 Å². The first-order valence-corrected chi connectivity index (χ1v) is 10.3. The predicted molar refractivity (Wildman–Crippen MR) is 112 cm³/mol. The molecule has 3 aromatic rings. The number of amides is 1. The zero-order chi connectivity index (χ0) is 20.2. The van der Waals surface area contributed by atoms with Crippen molar-refractivity contribution in [3.8, 4) is 28.5 Å². The van der Waals surface area contributed by atoms with Crippen molar-refractivity contribution < 1.29 is 9.18 Å². The molecule has 144 valence electrons. The van der Waals surface area contributed by atoms with Gasteiger partial charge in [-0.1, -0.05) is 54.2 Å². The maximum Gasteiger partial charge on any atom is 0.230 e. The molecule has 0 saturated heterocycles. The highest BCUT2D eigenvalue weighted by atomic mass is 32.2. The van der Waals surface area contributed by atoms with Gasteiger partial charge in [0.2, 0.25) is 5.91 Å². The lowest BCUT2D eigenvalue weighted by Crippen LogP contribution is -2.27. The van der Waals surface area contributed by atoms with Gasteiger partial charge in [-0.15, -0.1) is 0 Å². The van der Waals surface area contributed by atoms with E-state index in [1.165, 1.54) is 23.9 Å². The van der Waals surface area contributed by atoms with Crippen LogP contribution in [0.15, 0.2) is 65.7 Å². The average molecular weight is 403 g/mol. The van der Waals surface area contributed by atoms with Gasteiger partial charge in [-0.2, -0.15) is 5.26 Å². The monoisotopic (exact) mass is 403 g/mol. The van der Waals surface area contributed by atoms with Gasteiger partial charge in [-0.3, -0.25) is 4.79 Å². The van der Waals surface area contributed by atoms with Crippen LogP contribution in [0.4, 0.5) is 4.39 Å². The first kappa shape index (κ1) is 19.2. The second-order valence-corrected chi connectivity index (χ2v) is 7.81. The van der Waals surface area contributed by atoms with Crippen LogP contribution >= 0.6 is 11.8 Å². The van der Waals surface area contributed by atoms with Crippen LogP contribution in [0.2, 0.25) is 0 Å². The lowest BCUT2D eigenvalue weighted by atomic mass is 9.99. The molecule has 4 rings (SSSR count). The molecule has 2 aromatic carbocycles. The van der Waals surface area contributed by atoms with E-state index in [2.05, 4.69) is 16.4 Å². The van der Waals surface area contributed by atoms with E-state index >= 15 is 0 Å². The number of carbonyl (C=O) groups is 1. The molecular weight excluding hydrogens is 385 g/mol. The summed E-state index contributed by atoms with van der Waals surface area (Å²) < 4.78 is 13.4. The van der Waals surface area contributed by atoms with Gasteiger partial charge in [0.25, 0.3) is 0 Å². The van der Waals surface area contributed by atoms with E-state index in [9.17, 15) is 14.4 Å². The molecule has 0 radical (unpaired) electrons. The molecule has 1 aliphatic carbocycles. The SMILES string of the molecule is N#Cc1c(-c2ccc(F)cc2)cc(-c2ccccc2)nc1SCC(=O)NC1CC1. The van der Waals surface area contributed by atoms with Crippen molar-refractivity contribution in [2.45, 2.75) is 23.9 Å². The third-order valence-electron chi connectivity index (χ3n) is 4.61. The zero-order valence-electron chi connectivity index (χ0n) is 15.6. The summed E-state index contributed by atoms with van der Waals surface area (Å²) in [6.45, 7) is 0. The van der Waals surface area contributed by atoms with Gasteiger partial charge in [-0.25, -0.2) is 9.37 Å². The van der Waals surface area contributed by atoms with Crippen molar-refractivity contribution in [2.75, 3.05) is 5.75 Å². The summed E-state index contributed by atoms with van der Waals surface area (Å²) in [5, 5.41) is 13.3. The highest BCUT2D eigenvalue weighted by Gasteiger charge is 2.24. The molecule has 1 aromatic heterocycles. The number of hydrogen-bond acceptors (Lipinski definition) is 4. The topological polar surface area (TPSA) is 65.8 Å². The molecule has 1 heterocycles. The minimum Gasteiger partial charge on any atom is -0.353 e. The zero-order valence-corrected chi connectivity index (χ0v) is 16.4. The standard InChI is InChI=1S/C23H18FN3OS/c24-17-8-6-15(7-9-17)19-12-21(16-4-2-1-3-5-16)27-23(20(19)13-25)29-14-22(28)26-18-10-11-18/h1-9,12,18H,10-11,14H2,(H,26,28). The number of thioether (sulfide) groups is 1. The van der Waals surface area contributed by atoms with Crippen molar-refractivity contribution >= 4 is 17.7 Å². The Labute approximate surface area is 172 Å². The van der Waals surface area contributed by atoms with Crippen LogP contribution in [-0.2, 0) is 4.79 Å². The highest BCUT2D eigenvalue weighted by Crippen LogP contribution is 2.34.